The number of aromatic nitrogens is 3. The number of aryl methyl sites for hydroxylation is 2. The summed E-state index contributed by atoms with van der Waals surface area (Å²) in [5.74, 6) is 1.98. The molecule has 0 aliphatic heterocycles. The van der Waals surface area contributed by atoms with Gasteiger partial charge in [-0.25, -0.2) is 0 Å². The lowest BCUT2D eigenvalue weighted by Gasteiger charge is -2.23. The summed E-state index contributed by atoms with van der Waals surface area (Å²) in [5.41, 5.74) is 5.49. The highest BCUT2D eigenvalue weighted by molar-refractivity contribution is 7.98. The number of nitrogens with zero attached hydrogens (tertiary/aromatic N) is 4. The Kier molecular flexibility index (Phi) is 8.46. The molecule has 0 spiro atoms. The number of hydrogen-bond donors (Lipinski definition) is 0. The van der Waals surface area contributed by atoms with Crippen molar-refractivity contribution in [2.45, 2.75) is 84.3 Å². The molecule has 1 aromatic carbocycles. The molecule has 5 nitrogen and oxygen atoms in total. The van der Waals surface area contributed by atoms with Gasteiger partial charge in [0.1, 0.15) is 0 Å². The summed E-state index contributed by atoms with van der Waals surface area (Å²) in [6.07, 6.45) is 3.25. The fourth-order valence-electron chi connectivity index (χ4n) is 4.09. The Hall–Kier alpha value is -1.66. The molecule has 0 bridgehead atoms. The van der Waals surface area contributed by atoms with E-state index in [1.165, 1.54) is 11.1 Å². The summed E-state index contributed by atoms with van der Waals surface area (Å²) in [7, 11) is 4.20. The van der Waals surface area contributed by atoms with Gasteiger partial charge in [-0.3, -0.25) is 9.69 Å². The van der Waals surface area contributed by atoms with E-state index in [4.69, 9.17) is 0 Å². The van der Waals surface area contributed by atoms with Crippen LogP contribution in [0, 0.1) is 20.8 Å². The van der Waals surface area contributed by atoms with E-state index < -0.39 is 0 Å². The molecule has 29 heavy (non-hydrogen) atoms. The molecule has 1 unspecified atom stereocenters. The topological polar surface area (TPSA) is 51.0 Å². The van der Waals surface area contributed by atoms with Crippen LogP contribution in [0.4, 0.5) is 0 Å². The molecule has 0 radical (unpaired) electrons. The molecule has 6 heteroatoms. The van der Waals surface area contributed by atoms with Crippen LogP contribution in [0.5, 0.6) is 0 Å². The maximum atomic E-state index is 12.1. The Labute approximate surface area is 180 Å². The van der Waals surface area contributed by atoms with Gasteiger partial charge in [0.25, 0.3) is 0 Å². The molecule has 1 atom stereocenters. The van der Waals surface area contributed by atoms with Crippen LogP contribution < -0.4 is 0 Å². The molecule has 0 saturated heterocycles. The van der Waals surface area contributed by atoms with Crippen molar-refractivity contribution in [2.75, 3.05) is 14.1 Å². The van der Waals surface area contributed by atoms with Crippen molar-refractivity contribution in [3.63, 3.8) is 0 Å². The van der Waals surface area contributed by atoms with E-state index in [1.807, 2.05) is 6.92 Å². The molecular formula is C23H36N4OS. The van der Waals surface area contributed by atoms with Gasteiger partial charge in [-0.1, -0.05) is 38.1 Å². The third kappa shape index (κ3) is 5.28. The van der Waals surface area contributed by atoms with Gasteiger partial charge in [0.2, 0.25) is 0 Å². The van der Waals surface area contributed by atoms with Crippen molar-refractivity contribution in [2.24, 2.45) is 0 Å². The lowest BCUT2D eigenvalue weighted by molar-refractivity contribution is 0.101. The van der Waals surface area contributed by atoms with Crippen LogP contribution in [-0.4, -0.2) is 39.5 Å². The van der Waals surface area contributed by atoms with Crippen molar-refractivity contribution >= 4 is 17.5 Å². The van der Waals surface area contributed by atoms with Gasteiger partial charge in [0.05, 0.1) is 6.04 Å². The molecule has 0 N–H and O–H groups in total. The Morgan fingerprint density at radius 2 is 1.86 bits per heavy atom. The highest BCUT2D eigenvalue weighted by atomic mass is 32.2. The van der Waals surface area contributed by atoms with Crippen LogP contribution >= 0.6 is 11.8 Å². The Morgan fingerprint density at radius 3 is 2.41 bits per heavy atom. The number of carbonyl (C=O) groups excluding carboxylic acids is 1. The summed E-state index contributed by atoms with van der Waals surface area (Å²) in [5, 5.41) is 10.1. The Balaban J connectivity index is 2.37. The largest absolute Gasteiger partial charge is 0.305 e. The molecular weight excluding hydrogens is 380 g/mol. The molecule has 160 valence electrons. The second-order valence-corrected chi connectivity index (χ2v) is 9.01. The van der Waals surface area contributed by atoms with Crippen molar-refractivity contribution < 1.29 is 4.79 Å². The molecule has 2 aromatic rings. The smallest absolute Gasteiger partial charge is 0.191 e. The number of carbonyl (C=O) groups is 1. The van der Waals surface area contributed by atoms with Gasteiger partial charge in [-0.05, 0) is 76.9 Å². The minimum atomic E-state index is 0.136. The van der Waals surface area contributed by atoms with Crippen LogP contribution in [0.15, 0.2) is 11.2 Å². The number of hydrogen-bond acceptors (Lipinski definition) is 5. The average Bonchev–Trinajstić information content (AvgIpc) is 3.01. The summed E-state index contributed by atoms with van der Waals surface area (Å²) in [4.78, 5) is 14.4. The average molecular weight is 417 g/mol. The first kappa shape index (κ1) is 23.6. The summed E-state index contributed by atoms with van der Waals surface area (Å²) >= 11 is 1.73. The molecule has 0 amide bonds. The number of ketones is 1. The number of thioether (sulfide) groups is 1. The number of Topliss-reactive ketones (excluding diaryl/α,β-unsaturated/α-hetero) is 1. The molecule has 1 heterocycles. The van der Waals surface area contributed by atoms with Gasteiger partial charge < -0.3 is 4.57 Å². The second-order valence-electron chi connectivity index (χ2n) is 8.07. The van der Waals surface area contributed by atoms with Crippen LogP contribution in [-0.2, 0) is 12.3 Å². The maximum Gasteiger partial charge on any atom is 0.191 e. The zero-order valence-electron chi connectivity index (χ0n) is 19.3. The van der Waals surface area contributed by atoms with Crippen molar-refractivity contribution in [3.05, 3.63) is 39.7 Å². The number of rotatable bonds is 10. The van der Waals surface area contributed by atoms with E-state index >= 15 is 0 Å². The van der Waals surface area contributed by atoms with Gasteiger partial charge in [0.15, 0.2) is 16.8 Å². The monoisotopic (exact) mass is 416 g/mol. The first-order valence-corrected chi connectivity index (χ1v) is 11.5. The first-order valence-electron chi connectivity index (χ1n) is 10.6. The maximum absolute atomic E-state index is 12.1. The fraction of sp³-hybridized carbons (Fsp3) is 0.609. The number of benzene rings is 1. The van der Waals surface area contributed by atoms with Gasteiger partial charge in [-0.15, -0.1) is 10.2 Å². The summed E-state index contributed by atoms with van der Waals surface area (Å²) in [6, 6.07) is 2.40. The zero-order valence-corrected chi connectivity index (χ0v) is 20.1. The molecule has 0 fully saturated rings. The zero-order chi connectivity index (χ0) is 21.7. The standard InChI is InChI=1S/C23H36N4OS/c1-9-11-12-27-22(20(10-2)26(7)8)24-25-23(27)29-14-19-15(3)13-16(4)21(17(19)5)18(6)28/h13,20H,9-12,14H2,1-8H3. The lowest BCUT2D eigenvalue weighted by atomic mass is 9.92. The number of unbranched alkanes of at least 4 members (excludes halogenated alkanes) is 1. The van der Waals surface area contributed by atoms with Crippen LogP contribution in [0.25, 0.3) is 0 Å². The van der Waals surface area contributed by atoms with Crippen LogP contribution in [0.2, 0.25) is 0 Å². The highest BCUT2D eigenvalue weighted by Gasteiger charge is 2.22. The van der Waals surface area contributed by atoms with E-state index in [0.29, 0.717) is 0 Å². The lowest BCUT2D eigenvalue weighted by Crippen LogP contribution is -2.23. The summed E-state index contributed by atoms with van der Waals surface area (Å²) in [6.45, 7) is 13.2. The Bertz CT molecular complexity index is 857. The van der Waals surface area contributed by atoms with Crippen molar-refractivity contribution in [1.82, 2.24) is 19.7 Å². The second kappa shape index (κ2) is 10.4. The van der Waals surface area contributed by atoms with Crippen molar-refractivity contribution in [3.8, 4) is 0 Å². The van der Waals surface area contributed by atoms with E-state index in [0.717, 1.165) is 59.2 Å². The molecule has 2 rings (SSSR count). The predicted molar refractivity (Wildman–Crippen MR) is 122 cm³/mol. The molecule has 0 aliphatic carbocycles. The first-order chi connectivity index (χ1) is 13.7. The Morgan fingerprint density at radius 1 is 1.17 bits per heavy atom. The fourth-order valence-corrected chi connectivity index (χ4v) is 5.24. The highest BCUT2D eigenvalue weighted by Crippen LogP contribution is 2.31. The van der Waals surface area contributed by atoms with Gasteiger partial charge in [-0.2, -0.15) is 0 Å². The van der Waals surface area contributed by atoms with Gasteiger partial charge >= 0.3 is 0 Å². The van der Waals surface area contributed by atoms with Crippen molar-refractivity contribution in [1.29, 1.82) is 0 Å². The predicted octanol–water partition coefficient (Wildman–Crippen LogP) is 5.51. The molecule has 1 aromatic heterocycles. The van der Waals surface area contributed by atoms with Gasteiger partial charge in [0, 0.05) is 17.9 Å². The summed E-state index contributed by atoms with van der Waals surface area (Å²) < 4.78 is 2.30. The minimum absolute atomic E-state index is 0.136. The van der Waals surface area contributed by atoms with Crippen LogP contribution in [0.1, 0.15) is 84.5 Å². The van der Waals surface area contributed by atoms with E-state index in [1.54, 1.807) is 18.7 Å². The molecule has 0 saturated carbocycles. The third-order valence-electron chi connectivity index (χ3n) is 5.62. The quantitative estimate of drug-likeness (QED) is 0.377. The van der Waals surface area contributed by atoms with E-state index in [-0.39, 0.29) is 11.8 Å². The third-order valence-corrected chi connectivity index (χ3v) is 6.61. The molecule has 0 aliphatic rings. The van der Waals surface area contributed by atoms with E-state index in [9.17, 15) is 4.79 Å². The van der Waals surface area contributed by atoms with Crippen LogP contribution in [0.3, 0.4) is 0 Å². The SMILES string of the molecule is CCCCn1c(SCc2c(C)cc(C)c(C(C)=O)c2C)nnc1C(CC)N(C)C. The normalized spacial score (nSPS) is 12.6. The van der Waals surface area contributed by atoms with E-state index in [2.05, 4.69) is 67.5 Å². The minimum Gasteiger partial charge on any atom is -0.305 e.